The first-order chi connectivity index (χ1) is 9.93. The third-order valence-corrected chi connectivity index (χ3v) is 4.28. The van der Waals surface area contributed by atoms with Crippen LogP contribution in [-0.2, 0) is 10.0 Å². The van der Waals surface area contributed by atoms with Crippen LogP contribution in [-0.4, -0.2) is 8.42 Å². The number of hydrogen-bond acceptors (Lipinski definition) is 4. The van der Waals surface area contributed by atoms with E-state index in [0.29, 0.717) is 5.69 Å². The summed E-state index contributed by atoms with van der Waals surface area (Å²) in [4.78, 5) is -0.0598. The van der Waals surface area contributed by atoms with Crippen molar-refractivity contribution >= 4 is 21.4 Å². The number of nitrogens with two attached hydrogens (primary N) is 2. The number of nitrogen functional groups attached to an aromatic ring is 1. The van der Waals surface area contributed by atoms with Gasteiger partial charge < -0.3 is 11.1 Å². The third kappa shape index (κ3) is 3.53. The standard InChI is InChI=1S/C15H19N3O2S/c1-2-12(11-7-4-3-5-8-11)18-13-9-6-10-14(15(13)16)21(17,19)20/h3-10,12,18H,2,16H2,1H3,(H2,17,19,20). The molecular weight excluding hydrogens is 286 g/mol. The van der Waals surface area contributed by atoms with E-state index in [1.165, 1.54) is 6.07 Å². The molecule has 5 nitrogen and oxygen atoms in total. The lowest BCUT2D eigenvalue weighted by Crippen LogP contribution is -2.16. The molecule has 21 heavy (non-hydrogen) atoms. The molecule has 0 bridgehead atoms. The molecule has 112 valence electrons. The molecule has 1 unspecified atom stereocenters. The van der Waals surface area contributed by atoms with Crippen molar-refractivity contribution < 1.29 is 8.42 Å². The molecule has 2 aromatic carbocycles. The van der Waals surface area contributed by atoms with E-state index >= 15 is 0 Å². The van der Waals surface area contributed by atoms with Gasteiger partial charge in [-0.3, -0.25) is 0 Å². The Hall–Kier alpha value is -2.05. The summed E-state index contributed by atoms with van der Waals surface area (Å²) in [5.74, 6) is 0. The van der Waals surface area contributed by atoms with Crippen molar-refractivity contribution in [3.63, 3.8) is 0 Å². The van der Waals surface area contributed by atoms with Crippen molar-refractivity contribution in [3.05, 3.63) is 54.1 Å². The summed E-state index contributed by atoms with van der Waals surface area (Å²) in [6.45, 7) is 2.05. The molecule has 0 saturated heterocycles. The Morgan fingerprint density at radius 2 is 1.76 bits per heavy atom. The molecule has 0 amide bonds. The minimum absolute atomic E-state index is 0.0456. The molecule has 0 saturated carbocycles. The number of nitrogens with one attached hydrogen (secondary N) is 1. The fourth-order valence-electron chi connectivity index (χ4n) is 2.21. The van der Waals surface area contributed by atoms with Gasteiger partial charge >= 0.3 is 0 Å². The number of anilines is 2. The molecule has 2 rings (SSSR count). The molecule has 1 atom stereocenters. The molecule has 0 aromatic heterocycles. The van der Waals surface area contributed by atoms with E-state index in [-0.39, 0.29) is 16.6 Å². The highest BCUT2D eigenvalue weighted by atomic mass is 32.2. The summed E-state index contributed by atoms with van der Waals surface area (Å²) in [5.41, 5.74) is 7.75. The Morgan fingerprint density at radius 3 is 2.33 bits per heavy atom. The zero-order chi connectivity index (χ0) is 15.5. The van der Waals surface area contributed by atoms with Crippen LogP contribution in [0.4, 0.5) is 11.4 Å². The second-order valence-electron chi connectivity index (χ2n) is 4.78. The van der Waals surface area contributed by atoms with Gasteiger partial charge in [0, 0.05) is 0 Å². The van der Waals surface area contributed by atoms with E-state index in [2.05, 4.69) is 5.32 Å². The van der Waals surface area contributed by atoms with Crippen molar-refractivity contribution in [3.8, 4) is 0 Å². The minimum atomic E-state index is -3.83. The summed E-state index contributed by atoms with van der Waals surface area (Å²) in [6.07, 6.45) is 0.836. The topological polar surface area (TPSA) is 98.2 Å². The van der Waals surface area contributed by atoms with Gasteiger partial charge in [-0.1, -0.05) is 43.3 Å². The maximum absolute atomic E-state index is 11.5. The molecule has 6 heteroatoms. The lowest BCUT2D eigenvalue weighted by atomic mass is 10.0. The number of primary sulfonamides is 1. The molecule has 0 fully saturated rings. The Labute approximate surface area is 125 Å². The molecule has 0 aliphatic carbocycles. The van der Waals surface area contributed by atoms with Crippen LogP contribution < -0.4 is 16.2 Å². The molecule has 0 heterocycles. The predicted octanol–water partition coefficient (Wildman–Crippen LogP) is 2.48. The van der Waals surface area contributed by atoms with E-state index in [9.17, 15) is 8.42 Å². The van der Waals surface area contributed by atoms with Gasteiger partial charge in [0.25, 0.3) is 0 Å². The summed E-state index contributed by atoms with van der Waals surface area (Å²) in [5, 5.41) is 8.45. The SMILES string of the molecule is CCC(Nc1cccc(S(N)(=O)=O)c1N)c1ccccc1. The van der Waals surface area contributed by atoms with Crippen LogP contribution in [0.15, 0.2) is 53.4 Å². The number of sulfonamides is 1. The molecule has 0 aliphatic heterocycles. The zero-order valence-corrected chi connectivity index (χ0v) is 12.6. The normalized spacial score (nSPS) is 12.9. The highest BCUT2D eigenvalue weighted by Gasteiger charge is 2.17. The number of benzene rings is 2. The van der Waals surface area contributed by atoms with Crippen LogP contribution in [0.25, 0.3) is 0 Å². The van der Waals surface area contributed by atoms with Gasteiger partial charge in [-0.05, 0) is 24.1 Å². The average molecular weight is 305 g/mol. The van der Waals surface area contributed by atoms with E-state index in [1.54, 1.807) is 12.1 Å². The van der Waals surface area contributed by atoms with E-state index in [0.717, 1.165) is 12.0 Å². The fraction of sp³-hybridized carbons (Fsp3) is 0.200. The van der Waals surface area contributed by atoms with Crippen molar-refractivity contribution in [2.45, 2.75) is 24.3 Å². The van der Waals surface area contributed by atoms with Gasteiger partial charge in [-0.2, -0.15) is 0 Å². The summed E-state index contributed by atoms with van der Waals surface area (Å²) in [6, 6.07) is 14.7. The van der Waals surface area contributed by atoms with Gasteiger partial charge in [0.15, 0.2) is 0 Å². The number of rotatable bonds is 5. The van der Waals surface area contributed by atoms with Crippen LogP contribution in [0.2, 0.25) is 0 Å². The van der Waals surface area contributed by atoms with Crippen LogP contribution in [0.5, 0.6) is 0 Å². The van der Waals surface area contributed by atoms with Gasteiger partial charge in [-0.15, -0.1) is 0 Å². The summed E-state index contributed by atoms with van der Waals surface area (Å²) >= 11 is 0. The molecule has 5 N–H and O–H groups in total. The monoisotopic (exact) mass is 305 g/mol. The van der Waals surface area contributed by atoms with E-state index in [1.807, 2.05) is 37.3 Å². The summed E-state index contributed by atoms with van der Waals surface area (Å²) in [7, 11) is -3.83. The second-order valence-corrected chi connectivity index (χ2v) is 6.31. The van der Waals surface area contributed by atoms with Gasteiger partial charge in [0.05, 0.1) is 17.4 Å². The Kier molecular flexibility index (Phi) is 4.50. The van der Waals surface area contributed by atoms with Crippen LogP contribution in [0, 0.1) is 0 Å². The van der Waals surface area contributed by atoms with Crippen molar-refractivity contribution in [2.24, 2.45) is 5.14 Å². The van der Waals surface area contributed by atoms with Crippen LogP contribution in [0.3, 0.4) is 0 Å². The van der Waals surface area contributed by atoms with Gasteiger partial charge in [-0.25, -0.2) is 13.6 Å². The fourth-order valence-corrected chi connectivity index (χ4v) is 2.90. The Morgan fingerprint density at radius 1 is 1.10 bits per heavy atom. The number of para-hydroxylation sites is 1. The molecule has 0 spiro atoms. The van der Waals surface area contributed by atoms with Crippen molar-refractivity contribution in [1.29, 1.82) is 0 Å². The first-order valence-electron chi connectivity index (χ1n) is 6.66. The van der Waals surface area contributed by atoms with Crippen molar-refractivity contribution in [1.82, 2.24) is 0 Å². The Bertz CT molecular complexity index is 715. The lowest BCUT2D eigenvalue weighted by Gasteiger charge is -2.20. The van der Waals surface area contributed by atoms with Crippen LogP contribution >= 0.6 is 0 Å². The van der Waals surface area contributed by atoms with E-state index < -0.39 is 10.0 Å². The molecule has 0 aliphatic rings. The third-order valence-electron chi connectivity index (χ3n) is 3.31. The highest BCUT2D eigenvalue weighted by Crippen LogP contribution is 2.30. The molecule has 2 aromatic rings. The minimum Gasteiger partial charge on any atom is -0.396 e. The highest BCUT2D eigenvalue weighted by molar-refractivity contribution is 7.89. The smallest absolute Gasteiger partial charge is 0.240 e. The maximum Gasteiger partial charge on any atom is 0.240 e. The summed E-state index contributed by atoms with van der Waals surface area (Å²) < 4.78 is 23.0. The van der Waals surface area contributed by atoms with Gasteiger partial charge in [0.2, 0.25) is 10.0 Å². The molecular formula is C15H19N3O2S. The van der Waals surface area contributed by atoms with E-state index in [4.69, 9.17) is 10.9 Å². The average Bonchev–Trinajstić information content (AvgIpc) is 2.46. The predicted molar refractivity (Wildman–Crippen MR) is 85.3 cm³/mol. The Balaban J connectivity index is 2.35. The quantitative estimate of drug-likeness (QED) is 0.739. The maximum atomic E-state index is 11.5. The van der Waals surface area contributed by atoms with Gasteiger partial charge in [0.1, 0.15) is 4.90 Å². The van der Waals surface area contributed by atoms with Crippen molar-refractivity contribution in [2.75, 3.05) is 11.1 Å². The largest absolute Gasteiger partial charge is 0.396 e. The first kappa shape index (κ1) is 15.3. The van der Waals surface area contributed by atoms with Crippen LogP contribution in [0.1, 0.15) is 24.9 Å². The number of hydrogen-bond donors (Lipinski definition) is 3. The molecule has 0 radical (unpaired) electrons. The first-order valence-corrected chi connectivity index (χ1v) is 8.21. The second kappa shape index (κ2) is 6.15. The lowest BCUT2D eigenvalue weighted by molar-refractivity contribution is 0.598. The zero-order valence-electron chi connectivity index (χ0n) is 11.8.